The summed E-state index contributed by atoms with van der Waals surface area (Å²) in [5.41, 5.74) is -0.129. The van der Waals surface area contributed by atoms with Crippen LogP contribution in [-0.2, 0) is 14.8 Å². The molecule has 0 saturated heterocycles. The predicted octanol–water partition coefficient (Wildman–Crippen LogP) is 1.85. The number of benzene rings is 1. The van der Waals surface area contributed by atoms with Crippen molar-refractivity contribution in [3.63, 3.8) is 0 Å². The first-order chi connectivity index (χ1) is 9.88. The van der Waals surface area contributed by atoms with Crippen LogP contribution in [0.2, 0.25) is 0 Å². The van der Waals surface area contributed by atoms with E-state index in [1.807, 2.05) is 0 Å². The summed E-state index contributed by atoms with van der Waals surface area (Å²) in [7, 11) is -3.92. The molecule has 3 rings (SSSR count). The highest BCUT2D eigenvalue weighted by Crippen LogP contribution is 2.55. The van der Waals surface area contributed by atoms with E-state index < -0.39 is 15.8 Å². The lowest BCUT2D eigenvalue weighted by atomic mass is 10.0. The molecular weight excluding hydrogens is 295 g/mol. The second-order valence-electron chi connectivity index (χ2n) is 5.81. The molecule has 5 nitrogen and oxygen atoms in total. The predicted molar refractivity (Wildman–Crippen MR) is 75.3 cm³/mol. The van der Waals surface area contributed by atoms with Crippen molar-refractivity contribution in [3.8, 4) is 0 Å². The van der Waals surface area contributed by atoms with Gasteiger partial charge in [0.2, 0.25) is 15.9 Å². The molecule has 0 aliphatic heterocycles. The SMILES string of the molecule is NS(=O)(=O)c1ccc(F)c(NC(=O)C2C3CCCCC32)c1. The second-order valence-corrected chi connectivity index (χ2v) is 7.38. The highest BCUT2D eigenvalue weighted by Gasteiger charge is 2.54. The van der Waals surface area contributed by atoms with Gasteiger partial charge < -0.3 is 5.32 Å². The zero-order valence-electron chi connectivity index (χ0n) is 11.4. The number of hydrogen-bond acceptors (Lipinski definition) is 3. The van der Waals surface area contributed by atoms with Gasteiger partial charge >= 0.3 is 0 Å². The van der Waals surface area contributed by atoms with Crippen molar-refractivity contribution in [2.75, 3.05) is 5.32 Å². The number of primary sulfonamides is 1. The summed E-state index contributed by atoms with van der Waals surface area (Å²) in [6, 6.07) is 3.14. The molecule has 1 aromatic carbocycles. The van der Waals surface area contributed by atoms with Crippen molar-refractivity contribution < 1.29 is 17.6 Å². The number of hydrogen-bond donors (Lipinski definition) is 2. The maximum Gasteiger partial charge on any atom is 0.238 e. The normalized spacial score (nSPS) is 27.8. The molecule has 2 unspecified atom stereocenters. The third kappa shape index (κ3) is 2.80. The Morgan fingerprint density at radius 2 is 1.86 bits per heavy atom. The average Bonchev–Trinajstić information content (AvgIpc) is 3.14. The molecule has 2 atom stereocenters. The van der Waals surface area contributed by atoms with Gasteiger partial charge in [-0.25, -0.2) is 17.9 Å². The van der Waals surface area contributed by atoms with Crippen molar-refractivity contribution >= 4 is 21.6 Å². The molecule has 0 heterocycles. The summed E-state index contributed by atoms with van der Waals surface area (Å²) >= 11 is 0. The van der Waals surface area contributed by atoms with Crippen molar-refractivity contribution in [1.29, 1.82) is 0 Å². The summed E-state index contributed by atoms with van der Waals surface area (Å²) in [6.07, 6.45) is 4.37. The fourth-order valence-corrected chi connectivity index (χ4v) is 3.91. The van der Waals surface area contributed by atoms with Crippen LogP contribution in [0.15, 0.2) is 23.1 Å². The Morgan fingerprint density at radius 3 is 2.43 bits per heavy atom. The van der Waals surface area contributed by atoms with E-state index in [1.54, 1.807) is 0 Å². The first-order valence-corrected chi connectivity index (χ1v) is 8.56. The number of sulfonamides is 1. The minimum Gasteiger partial charge on any atom is -0.323 e. The van der Waals surface area contributed by atoms with E-state index >= 15 is 0 Å². The molecule has 1 aromatic rings. The van der Waals surface area contributed by atoms with Crippen LogP contribution >= 0.6 is 0 Å². The van der Waals surface area contributed by atoms with E-state index in [2.05, 4.69) is 5.32 Å². The van der Waals surface area contributed by atoms with Crippen LogP contribution in [0.1, 0.15) is 25.7 Å². The quantitative estimate of drug-likeness (QED) is 0.892. The van der Waals surface area contributed by atoms with E-state index in [-0.39, 0.29) is 22.4 Å². The maximum atomic E-state index is 13.7. The fourth-order valence-electron chi connectivity index (χ4n) is 3.37. The van der Waals surface area contributed by atoms with E-state index in [4.69, 9.17) is 5.14 Å². The zero-order valence-corrected chi connectivity index (χ0v) is 12.2. The van der Waals surface area contributed by atoms with Gasteiger partial charge in [0, 0.05) is 5.92 Å². The number of fused-ring (bicyclic) bond motifs is 1. The summed E-state index contributed by atoms with van der Waals surface area (Å²) in [5.74, 6) is -0.145. The average molecular weight is 312 g/mol. The van der Waals surface area contributed by atoms with Crippen LogP contribution in [-0.4, -0.2) is 14.3 Å². The van der Waals surface area contributed by atoms with Crippen LogP contribution in [0.4, 0.5) is 10.1 Å². The van der Waals surface area contributed by atoms with Gasteiger partial charge in [-0.15, -0.1) is 0 Å². The molecule has 7 heteroatoms. The second kappa shape index (κ2) is 5.06. The summed E-state index contributed by atoms with van der Waals surface area (Å²) in [4.78, 5) is 12.0. The largest absolute Gasteiger partial charge is 0.323 e. The number of anilines is 1. The lowest BCUT2D eigenvalue weighted by Crippen LogP contribution is -2.18. The fraction of sp³-hybridized carbons (Fsp3) is 0.500. The smallest absolute Gasteiger partial charge is 0.238 e. The molecular formula is C14H17FN2O3S. The van der Waals surface area contributed by atoms with Gasteiger partial charge in [-0.1, -0.05) is 12.8 Å². The Hall–Kier alpha value is -1.47. The summed E-state index contributed by atoms with van der Waals surface area (Å²) in [6.45, 7) is 0. The number of carbonyl (C=O) groups is 1. The molecule has 0 radical (unpaired) electrons. The molecule has 2 fully saturated rings. The van der Waals surface area contributed by atoms with Crippen molar-refractivity contribution in [2.45, 2.75) is 30.6 Å². The molecule has 2 aliphatic carbocycles. The van der Waals surface area contributed by atoms with Gasteiger partial charge in [0.05, 0.1) is 10.6 Å². The number of nitrogens with two attached hydrogens (primary N) is 1. The Balaban J connectivity index is 1.77. The van der Waals surface area contributed by atoms with E-state index in [0.29, 0.717) is 11.8 Å². The van der Waals surface area contributed by atoms with Crippen LogP contribution in [0, 0.1) is 23.6 Å². The van der Waals surface area contributed by atoms with Crippen molar-refractivity contribution in [3.05, 3.63) is 24.0 Å². The Morgan fingerprint density at radius 1 is 1.24 bits per heavy atom. The first kappa shape index (κ1) is 14.5. The zero-order chi connectivity index (χ0) is 15.2. The van der Waals surface area contributed by atoms with Crippen molar-refractivity contribution in [2.24, 2.45) is 22.9 Å². The Kier molecular flexibility index (Phi) is 3.49. The Bertz CT molecular complexity index is 677. The molecule has 0 spiro atoms. The van der Waals surface area contributed by atoms with E-state index in [0.717, 1.165) is 43.9 Å². The summed E-state index contributed by atoms with van der Waals surface area (Å²) < 4.78 is 36.3. The summed E-state index contributed by atoms with van der Waals surface area (Å²) in [5, 5.41) is 7.52. The molecule has 2 saturated carbocycles. The Labute approximate surface area is 122 Å². The van der Waals surface area contributed by atoms with E-state index in [1.165, 1.54) is 0 Å². The minimum absolute atomic E-state index is 0.0648. The topological polar surface area (TPSA) is 89.3 Å². The van der Waals surface area contributed by atoms with Gasteiger partial charge in [0.25, 0.3) is 0 Å². The molecule has 1 amide bonds. The number of nitrogens with one attached hydrogen (secondary N) is 1. The van der Waals surface area contributed by atoms with Crippen LogP contribution in [0.5, 0.6) is 0 Å². The van der Waals surface area contributed by atoms with Crippen LogP contribution in [0.25, 0.3) is 0 Å². The standard InChI is InChI=1S/C14H17FN2O3S/c15-11-6-5-8(21(16,19)20)7-12(11)17-14(18)13-9-3-1-2-4-10(9)13/h5-7,9-10,13H,1-4H2,(H,17,18)(H2,16,19,20). The number of rotatable bonds is 3. The number of halogens is 1. The number of amides is 1. The van der Waals surface area contributed by atoms with Crippen LogP contribution in [0.3, 0.4) is 0 Å². The van der Waals surface area contributed by atoms with Gasteiger partial charge in [-0.3, -0.25) is 4.79 Å². The van der Waals surface area contributed by atoms with Crippen molar-refractivity contribution in [1.82, 2.24) is 0 Å². The van der Waals surface area contributed by atoms with Gasteiger partial charge in [-0.05, 0) is 42.9 Å². The highest BCUT2D eigenvalue weighted by atomic mass is 32.2. The van der Waals surface area contributed by atoms with Crippen LogP contribution < -0.4 is 10.5 Å². The molecule has 0 aromatic heterocycles. The maximum absolute atomic E-state index is 13.7. The third-order valence-corrected chi connectivity index (χ3v) is 5.39. The molecule has 2 aliphatic rings. The number of carbonyl (C=O) groups excluding carboxylic acids is 1. The minimum atomic E-state index is -3.92. The molecule has 21 heavy (non-hydrogen) atoms. The molecule has 3 N–H and O–H groups in total. The third-order valence-electron chi connectivity index (χ3n) is 4.48. The van der Waals surface area contributed by atoms with Gasteiger partial charge in [-0.2, -0.15) is 0 Å². The lowest BCUT2D eigenvalue weighted by Gasteiger charge is -2.08. The monoisotopic (exact) mass is 312 g/mol. The van der Waals surface area contributed by atoms with E-state index in [9.17, 15) is 17.6 Å². The highest BCUT2D eigenvalue weighted by molar-refractivity contribution is 7.89. The van der Waals surface area contributed by atoms with Gasteiger partial charge in [0.15, 0.2) is 0 Å². The lowest BCUT2D eigenvalue weighted by molar-refractivity contribution is -0.117. The molecule has 114 valence electrons. The molecule has 0 bridgehead atoms. The first-order valence-electron chi connectivity index (χ1n) is 7.01. The van der Waals surface area contributed by atoms with Gasteiger partial charge in [0.1, 0.15) is 5.82 Å².